The quantitative estimate of drug-likeness (QED) is 0.859. The summed E-state index contributed by atoms with van der Waals surface area (Å²) in [6.07, 6.45) is -1.33. The second-order valence-corrected chi connectivity index (χ2v) is 4.83. The van der Waals surface area contributed by atoms with E-state index < -0.39 is 11.7 Å². The fraction of sp³-hybridized carbons (Fsp3) is 0.154. The molecule has 0 radical (unpaired) electrons. The lowest BCUT2D eigenvalue weighted by Crippen LogP contribution is -2.06. The summed E-state index contributed by atoms with van der Waals surface area (Å²) in [5.41, 5.74) is 0.403. The number of alkyl halides is 3. The third kappa shape index (κ3) is 3.55. The van der Waals surface area contributed by atoms with E-state index in [2.05, 4.69) is 10.3 Å². The van der Waals surface area contributed by atoms with E-state index in [0.29, 0.717) is 17.3 Å². The van der Waals surface area contributed by atoms with Crippen molar-refractivity contribution in [2.45, 2.75) is 12.7 Å². The summed E-state index contributed by atoms with van der Waals surface area (Å²) < 4.78 is 37.5. The molecule has 0 unspecified atom stereocenters. The number of nitrogens with one attached hydrogen (secondary N) is 1. The molecule has 0 spiro atoms. The van der Waals surface area contributed by atoms with Gasteiger partial charge in [0, 0.05) is 18.9 Å². The van der Waals surface area contributed by atoms with Gasteiger partial charge in [0.2, 0.25) is 0 Å². The Balaban J connectivity index is 2.13. The molecule has 0 saturated carbocycles. The third-order valence-corrected chi connectivity index (χ3v) is 3.28. The summed E-state index contributed by atoms with van der Waals surface area (Å²) in [7, 11) is 0. The monoisotopic (exact) mass is 320 g/mol. The van der Waals surface area contributed by atoms with E-state index in [0.717, 1.165) is 17.7 Å². The molecule has 0 aliphatic carbocycles. The van der Waals surface area contributed by atoms with Gasteiger partial charge in [-0.3, -0.25) is 4.98 Å². The first-order valence-electron chi connectivity index (χ1n) is 5.57. The highest BCUT2D eigenvalue weighted by Crippen LogP contribution is 2.34. The molecule has 2 nitrogen and oxygen atoms in total. The molecular formula is C13H9Cl2F3N2. The summed E-state index contributed by atoms with van der Waals surface area (Å²) in [4.78, 5) is 3.85. The maximum absolute atomic E-state index is 12.5. The second-order valence-electron chi connectivity index (χ2n) is 4.01. The van der Waals surface area contributed by atoms with Gasteiger partial charge in [0.05, 0.1) is 21.3 Å². The Morgan fingerprint density at radius 1 is 1.10 bits per heavy atom. The normalized spacial score (nSPS) is 11.4. The Morgan fingerprint density at radius 2 is 1.85 bits per heavy atom. The van der Waals surface area contributed by atoms with E-state index in [1.807, 2.05) is 0 Å². The number of hydrogen-bond acceptors (Lipinski definition) is 2. The number of benzene rings is 1. The zero-order valence-corrected chi connectivity index (χ0v) is 11.5. The number of anilines is 1. The smallest absolute Gasteiger partial charge is 0.380 e. The van der Waals surface area contributed by atoms with Gasteiger partial charge in [-0.05, 0) is 29.8 Å². The largest absolute Gasteiger partial charge is 0.416 e. The SMILES string of the molecule is FC(F)(F)c1ccc(NCc2ccncc2Cl)c(Cl)c1. The van der Waals surface area contributed by atoms with E-state index in [4.69, 9.17) is 23.2 Å². The summed E-state index contributed by atoms with van der Waals surface area (Å²) in [6.45, 7) is 0.340. The molecule has 7 heteroatoms. The zero-order chi connectivity index (χ0) is 14.8. The zero-order valence-electron chi connectivity index (χ0n) is 10.0. The van der Waals surface area contributed by atoms with E-state index in [9.17, 15) is 13.2 Å². The van der Waals surface area contributed by atoms with Crippen LogP contribution in [0.5, 0.6) is 0 Å². The number of hydrogen-bond donors (Lipinski definition) is 1. The van der Waals surface area contributed by atoms with Gasteiger partial charge in [-0.1, -0.05) is 23.2 Å². The fourth-order valence-corrected chi connectivity index (χ4v) is 2.01. The van der Waals surface area contributed by atoms with Crippen molar-refractivity contribution in [1.82, 2.24) is 4.98 Å². The third-order valence-electron chi connectivity index (χ3n) is 2.62. The van der Waals surface area contributed by atoms with E-state index in [-0.39, 0.29) is 5.02 Å². The van der Waals surface area contributed by atoms with Gasteiger partial charge in [-0.2, -0.15) is 13.2 Å². The standard InChI is InChI=1S/C13H9Cl2F3N2/c14-10-5-9(13(16,17)18)1-2-12(10)20-6-8-3-4-19-7-11(8)15/h1-5,7,20H,6H2. The predicted molar refractivity (Wildman–Crippen MR) is 73.0 cm³/mol. The van der Waals surface area contributed by atoms with Crippen LogP contribution in [0.15, 0.2) is 36.7 Å². The average molecular weight is 321 g/mol. The van der Waals surface area contributed by atoms with Crippen LogP contribution in [0.2, 0.25) is 10.0 Å². The maximum Gasteiger partial charge on any atom is 0.416 e. The minimum absolute atomic E-state index is 0.00463. The highest BCUT2D eigenvalue weighted by molar-refractivity contribution is 6.33. The Morgan fingerprint density at radius 3 is 2.45 bits per heavy atom. The first-order valence-corrected chi connectivity index (χ1v) is 6.32. The number of pyridine rings is 1. The van der Waals surface area contributed by atoms with Crippen LogP contribution in [0.4, 0.5) is 18.9 Å². The van der Waals surface area contributed by atoms with E-state index >= 15 is 0 Å². The predicted octanol–water partition coefficient (Wildman–Crippen LogP) is 5.02. The van der Waals surface area contributed by atoms with Crippen LogP contribution >= 0.6 is 23.2 Å². The molecule has 106 valence electrons. The number of nitrogens with zero attached hydrogens (tertiary/aromatic N) is 1. The molecule has 0 atom stereocenters. The molecule has 0 aliphatic heterocycles. The lowest BCUT2D eigenvalue weighted by atomic mass is 10.2. The van der Waals surface area contributed by atoms with Crippen LogP contribution < -0.4 is 5.32 Å². The topological polar surface area (TPSA) is 24.9 Å². The lowest BCUT2D eigenvalue weighted by molar-refractivity contribution is -0.137. The van der Waals surface area contributed by atoms with Crippen LogP contribution in [0.3, 0.4) is 0 Å². The van der Waals surface area contributed by atoms with Crippen molar-refractivity contribution in [2.24, 2.45) is 0 Å². The van der Waals surface area contributed by atoms with E-state index in [1.165, 1.54) is 12.3 Å². The lowest BCUT2D eigenvalue weighted by Gasteiger charge is -2.12. The highest BCUT2D eigenvalue weighted by Gasteiger charge is 2.30. The molecule has 0 aliphatic rings. The minimum Gasteiger partial charge on any atom is -0.380 e. The molecule has 0 bridgehead atoms. The highest BCUT2D eigenvalue weighted by atomic mass is 35.5. The molecule has 1 aromatic carbocycles. The summed E-state index contributed by atoms with van der Waals surface area (Å²) >= 11 is 11.8. The molecule has 20 heavy (non-hydrogen) atoms. The molecule has 2 rings (SSSR count). The van der Waals surface area contributed by atoms with Crippen LogP contribution in [-0.4, -0.2) is 4.98 Å². The Bertz CT molecular complexity index is 615. The summed E-state index contributed by atoms with van der Waals surface area (Å²) in [5.74, 6) is 0. The average Bonchev–Trinajstić information content (AvgIpc) is 2.38. The Labute approximate surface area is 123 Å². The molecule has 2 aromatic rings. The second kappa shape index (κ2) is 5.89. The van der Waals surface area contributed by atoms with Crippen molar-refractivity contribution in [3.63, 3.8) is 0 Å². The molecule has 1 N–H and O–H groups in total. The van der Waals surface area contributed by atoms with Crippen molar-refractivity contribution in [1.29, 1.82) is 0 Å². The van der Waals surface area contributed by atoms with Gasteiger partial charge in [0.15, 0.2) is 0 Å². The van der Waals surface area contributed by atoms with Crippen LogP contribution in [-0.2, 0) is 12.7 Å². The van der Waals surface area contributed by atoms with Gasteiger partial charge < -0.3 is 5.32 Å². The van der Waals surface area contributed by atoms with Gasteiger partial charge in [0.25, 0.3) is 0 Å². The van der Waals surface area contributed by atoms with Crippen LogP contribution in [0, 0.1) is 0 Å². The first kappa shape index (κ1) is 14.9. The van der Waals surface area contributed by atoms with Crippen molar-refractivity contribution >= 4 is 28.9 Å². The van der Waals surface area contributed by atoms with Crippen molar-refractivity contribution in [3.05, 3.63) is 57.8 Å². The number of halogens is 5. The van der Waals surface area contributed by atoms with Crippen molar-refractivity contribution in [3.8, 4) is 0 Å². The maximum atomic E-state index is 12.5. The molecular weight excluding hydrogens is 312 g/mol. The minimum atomic E-state index is -4.41. The van der Waals surface area contributed by atoms with Crippen LogP contribution in [0.25, 0.3) is 0 Å². The fourth-order valence-electron chi connectivity index (χ4n) is 1.57. The Kier molecular flexibility index (Phi) is 4.40. The number of rotatable bonds is 3. The molecule has 1 aromatic heterocycles. The van der Waals surface area contributed by atoms with Gasteiger partial charge >= 0.3 is 6.18 Å². The van der Waals surface area contributed by atoms with Gasteiger partial charge in [0.1, 0.15) is 0 Å². The first-order chi connectivity index (χ1) is 9.38. The molecule has 0 saturated heterocycles. The van der Waals surface area contributed by atoms with Crippen molar-refractivity contribution < 1.29 is 13.2 Å². The molecule has 1 heterocycles. The molecule has 0 amide bonds. The van der Waals surface area contributed by atoms with Gasteiger partial charge in [-0.15, -0.1) is 0 Å². The summed E-state index contributed by atoms with van der Waals surface area (Å²) in [5, 5.41) is 3.42. The summed E-state index contributed by atoms with van der Waals surface area (Å²) in [6, 6.07) is 4.87. The van der Waals surface area contributed by atoms with Gasteiger partial charge in [-0.25, -0.2) is 0 Å². The van der Waals surface area contributed by atoms with Crippen LogP contribution in [0.1, 0.15) is 11.1 Å². The van der Waals surface area contributed by atoms with Crippen molar-refractivity contribution in [2.75, 3.05) is 5.32 Å². The molecule has 0 fully saturated rings. The Hall–Kier alpha value is -1.46. The van der Waals surface area contributed by atoms with E-state index in [1.54, 1.807) is 12.3 Å². The number of aromatic nitrogens is 1.